The Morgan fingerprint density at radius 2 is 2.10 bits per heavy atom. The molecule has 1 N–H and O–H groups in total. The molecule has 108 valence electrons. The van der Waals surface area contributed by atoms with E-state index in [-0.39, 0.29) is 11.6 Å². The summed E-state index contributed by atoms with van der Waals surface area (Å²) in [6, 6.07) is 2.54. The number of rotatable bonds is 1. The molecular formula is C14H15ClFNO3. The van der Waals surface area contributed by atoms with E-state index in [1.165, 1.54) is 16.8 Å². The van der Waals surface area contributed by atoms with Crippen LogP contribution in [0.25, 0.3) is 10.9 Å². The molecule has 1 aromatic heterocycles. The minimum Gasteiger partial charge on any atom is -0.443 e. The van der Waals surface area contributed by atoms with Gasteiger partial charge in [0.25, 0.3) is 0 Å². The number of hydrogen-bond acceptors (Lipinski definition) is 3. The SMILES string of the molecule is CC(C)(C)OC(=O)n1cc(CO)c2cc(Cl)c(F)cc21. The highest BCUT2D eigenvalue weighted by atomic mass is 35.5. The summed E-state index contributed by atoms with van der Waals surface area (Å²) in [7, 11) is 0. The van der Waals surface area contributed by atoms with Crippen LogP contribution in [0.2, 0.25) is 5.02 Å². The zero-order valence-corrected chi connectivity index (χ0v) is 12.2. The Bertz CT molecular complexity index is 673. The van der Waals surface area contributed by atoms with Gasteiger partial charge in [-0.1, -0.05) is 11.6 Å². The van der Waals surface area contributed by atoms with Gasteiger partial charge in [-0.05, 0) is 26.8 Å². The molecule has 0 amide bonds. The minimum atomic E-state index is -0.669. The molecule has 0 bridgehead atoms. The van der Waals surface area contributed by atoms with Crippen molar-refractivity contribution in [3.8, 4) is 0 Å². The molecule has 1 aromatic carbocycles. The van der Waals surface area contributed by atoms with Crippen LogP contribution < -0.4 is 0 Å². The van der Waals surface area contributed by atoms with E-state index in [2.05, 4.69) is 0 Å². The fraction of sp³-hybridized carbons (Fsp3) is 0.357. The summed E-state index contributed by atoms with van der Waals surface area (Å²) < 4.78 is 20.0. The normalized spacial score (nSPS) is 11.9. The second-order valence-corrected chi connectivity index (χ2v) is 5.85. The van der Waals surface area contributed by atoms with Crippen molar-refractivity contribution in [3.63, 3.8) is 0 Å². The first-order chi connectivity index (χ1) is 9.23. The number of halogens is 2. The van der Waals surface area contributed by atoms with E-state index in [1.807, 2.05) is 0 Å². The third kappa shape index (κ3) is 2.78. The van der Waals surface area contributed by atoms with Crippen molar-refractivity contribution in [2.24, 2.45) is 0 Å². The molecular weight excluding hydrogens is 285 g/mol. The Morgan fingerprint density at radius 1 is 1.45 bits per heavy atom. The zero-order chi connectivity index (χ0) is 15.1. The Labute approximate surface area is 120 Å². The molecule has 1 heterocycles. The fourth-order valence-electron chi connectivity index (χ4n) is 1.88. The van der Waals surface area contributed by atoms with Gasteiger partial charge in [-0.3, -0.25) is 4.57 Å². The number of carbonyl (C=O) groups excluding carboxylic acids is 1. The van der Waals surface area contributed by atoms with Gasteiger partial charge in [-0.25, -0.2) is 9.18 Å². The van der Waals surface area contributed by atoms with Gasteiger partial charge in [-0.15, -0.1) is 0 Å². The van der Waals surface area contributed by atoms with Gasteiger partial charge in [0.2, 0.25) is 0 Å². The van der Waals surface area contributed by atoms with Crippen LogP contribution in [-0.4, -0.2) is 21.4 Å². The molecule has 0 fully saturated rings. The van der Waals surface area contributed by atoms with E-state index in [1.54, 1.807) is 20.8 Å². The number of nitrogens with zero attached hydrogens (tertiary/aromatic N) is 1. The van der Waals surface area contributed by atoms with Crippen molar-refractivity contribution >= 4 is 28.6 Å². The molecule has 4 nitrogen and oxygen atoms in total. The Balaban J connectivity index is 2.59. The largest absolute Gasteiger partial charge is 0.443 e. The molecule has 2 aromatic rings. The van der Waals surface area contributed by atoms with Crippen molar-refractivity contribution in [2.45, 2.75) is 33.0 Å². The maximum absolute atomic E-state index is 13.6. The van der Waals surface area contributed by atoms with Gasteiger partial charge >= 0.3 is 6.09 Å². The zero-order valence-electron chi connectivity index (χ0n) is 11.4. The van der Waals surface area contributed by atoms with Crippen molar-refractivity contribution in [2.75, 3.05) is 0 Å². The van der Waals surface area contributed by atoms with E-state index >= 15 is 0 Å². The molecule has 20 heavy (non-hydrogen) atoms. The Morgan fingerprint density at radius 3 is 2.65 bits per heavy atom. The van der Waals surface area contributed by atoms with Crippen LogP contribution in [0.3, 0.4) is 0 Å². The predicted molar refractivity (Wildman–Crippen MR) is 74.5 cm³/mol. The smallest absolute Gasteiger partial charge is 0.419 e. The van der Waals surface area contributed by atoms with E-state index < -0.39 is 17.5 Å². The summed E-state index contributed by atoms with van der Waals surface area (Å²) in [4.78, 5) is 12.1. The van der Waals surface area contributed by atoms with Crippen LogP contribution in [0.15, 0.2) is 18.3 Å². The minimum absolute atomic E-state index is 0.0610. The highest BCUT2D eigenvalue weighted by Gasteiger charge is 2.21. The number of ether oxygens (including phenoxy) is 1. The molecule has 2 rings (SSSR count). The van der Waals surface area contributed by atoms with Crippen LogP contribution in [0.1, 0.15) is 26.3 Å². The first kappa shape index (κ1) is 14.8. The molecule has 0 spiro atoms. The summed E-state index contributed by atoms with van der Waals surface area (Å²) in [5, 5.41) is 9.78. The number of fused-ring (bicyclic) bond motifs is 1. The van der Waals surface area contributed by atoms with E-state index in [0.29, 0.717) is 16.5 Å². The van der Waals surface area contributed by atoms with Crippen LogP contribution in [0.4, 0.5) is 9.18 Å². The quantitative estimate of drug-likeness (QED) is 0.873. The van der Waals surface area contributed by atoms with Gasteiger partial charge in [-0.2, -0.15) is 0 Å². The third-order valence-electron chi connectivity index (χ3n) is 2.69. The monoisotopic (exact) mass is 299 g/mol. The number of hydrogen-bond donors (Lipinski definition) is 1. The second kappa shape index (κ2) is 5.07. The van der Waals surface area contributed by atoms with Gasteiger partial charge in [0, 0.05) is 23.2 Å². The molecule has 0 aliphatic rings. The Hall–Kier alpha value is -1.59. The average Bonchev–Trinajstić information content (AvgIpc) is 2.66. The molecule has 0 aliphatic heterocycles. The number of benzene rings is 1. The Kier molecular flexibility index (Phi) is 3.75. The first-order valence-corrected chi connectivity index (χ1v) is 6.44. The van der Waals surface area contributed by atoms with Gasteiger partial charge in [0.1, 0.15) is 11.4 Å². The molecule has 0 saturated heterocycles. The van der Waals surface area contributed by atoms with Crippen molar-refractivity contribution in [3.05, 3.63) is 34.7 Å². The van der Waals surface area contributed by atoms with Crippen LogP contribution >= 0.6 is 11.6 Å². The van der Waals surface area contributed by atoms with E-state index in [4.69, 9.17) is 16.3 Å². The topological polar surface area (TPSA) is 51.5 Å². The van der Waals surface area contributed by atoms with Crippen LogP contribution in [0, 0.1) is 5.82 Å². The number of carbonyl (C=O) groups is 1. The van der Waals surface area contributed by atoms with E-state index in [0.717, 1.165) is 6.07 Å². The summed E-state index contributed by atoms with van der Waals surface area (Å²) in [6.07, 6.45) is 0.790. The average molecular weight is 300 g/mol. The van der Waals surface area contributed by atoms with Gasteiger partial charge in [0.15, 0.2) is 0 Å². The highest BCUT2D eigenvalue weighted by molar-refractivity contribution is 6.31. The third-order valence-corrected chi connectivity index (χ3v) is 2.98. The van der Waals surface area contributed by atoms with Gasteiger partial charge in [0.05, 0.1) is 17.1 Å². The van der Waals surface area contributed by atoms with Crippen molar-refractivity contribution in [1.82, 2.24) is 4.57 Å². The first-order valence-electron chi connectivity index (χ1n) is 6.06. The molecule has 0 unspecified atom stereocenters. The maximum atomic E-state index is 13.6. The predicted octanol–water partition coefficient (Wildman–Crippen LogP) is 3.71. The molecule has 6 heteroatoms. The molecule has 0 saturated carbocycles. The van der Waals surface area contributed by atoms with Crippen molar-refractivity contribution in [1.29, 1.82) is 0 Å². The second-order valence-electron chi connectivity index (χ2n) is 5.45. The highest BCUT2D eigenvalue weighted by Crippen LogP contribution is 2.28. The molecule has 0 atom stereocenters. The number of aliphatic hydroxyl groups excluding tert-OH is 1. The lowest BCUT2D eigenvalue weighted by atomic mass is 10.2. The summed E-state index contributed by atoms with van der Waals surface area (Å²) in [6.45, 7) is 4.93. The van der Waals surface area contributed by atoms with Crippen LogP contribution in [0.5, 0.6) is 0 Å². The van der Waals surface area contributed by atoms with E-state index in [9.17, 15) is 14.3 Å². The maximum Gasteiger partial charge on any atom is 0.419 e. The summed E-state index contributed by atoms with van der Waals surface area (Å²) in [5.74, 6) is -0.633. The van der Waals surface area contributed by atoms with Crippen molar-refractivity contribution < 1.29 is 19.0 Å². The summed E-state index contributed by atoms with van der Waals surface area (Å²) >= 11 is 5.73. The lowest BCUT2D eigenvalue weighted by Gasteiger charge is -2.19. The lowest BCUT2D eigenvalue weighted by Crippen LogP contribution is -2.26. The lowest BCUT2D eigenvalue weighted by molar-refractivity contribution is 0.0544. The number of aliphatic hydroxyl groups is 1. The van der Waals surface area contributed by atoms with Crippen LogP contribution in [-0.2, 0) is 11.3 Å². The standard InChI is InChI=1S/C14H15ClFNO3/c1-14(2,3)20-13(19)17-6-8(7-18)9-4-10(15)11(16)5-12(9)17/h4-6,18H,7H2,1-3H3. The van der Waals surface area contributed by atoms with Gasteiger partial charge < -0.3 is 9.84 Å². The summed E-state index contributed by atoms with van der Waals surface area (Å²) in [5.41, 5.74) is 0.121. The number of aromatic nitrogens is 1. The molecule has 0 radical (unpaired) electrons. The molecule has 0 aliphatic carbocycles. The fourth-order valence-corrected chi connectivity index (χ4v) is 2.04.